The second-order valence-electron chi connectivity index (χ2n) is 2.40. The van der Waals surface area contributed by atoms with Gasteiger partial charge in [0.25, 0.3) is 0 Å². The number of hydrogen-bond acceptors (Lipinski definition) is 3. The lowest BCUT2D eigenvalue weighted by Gasteiger charge is -1.92. The monoisotopic (exact) mass is 148 g/mol. The summed E-state index contributed by atoms with van der Waals surface area (Å²) in [6, 6.07) is 5.89. The maximum absolute atomic E-state index is 4.61. The highest BCUT2D eigenvalue weighted by Crippen LogP contribution is 2.14. The smallest absolute Gasteiger partial charge is 0.138 e. The third-order valence-electron chi connectivity index (χ3n) is 1.75. The highest BCUT2D eigenvalue weighted by molar-refractivity contribution is 5.76. The molecule has 0 radical (unpaired) electrons. The van der Waals surface area contributed by atoms with Crippen LogP contribution in [0.2, 0.25) is 0 Å². The van der Waals surface area contributed by atoms with Crippen LogP contribution in [-0.4, -0.2) is 10.3 Å². The summed E-state index contributed by atoms with van der Waals surface area (Å²) in [6.45, 7) is 2.09. The van der Waals surface area contributed by atoms with Gasteiger partial charge in [0.1, 0.15) is 11.0 Å². The number of aromatic nitrogens is 2. The van der Waals surface area contributed by atoms with Crippen LogP contribution in [0.1, 0.15) is 12.5 Å². The first-order valence-corrected chi connectivity index (χ1v) is 3.62. The zero-order valence-corrected chi connectivity index (χ0v) is 6.24. The van der Waals surface area contributed by atoms with Crippen LogP contribution in [0.15, 0.2) is 22.8 Å². The Bertz CT molecular complexity index is 367. The molecule has 0 amide bonds. The number of hydrogen-bond donors (Lipinski definition) is 0. The Morgan fingerprint density at radius 3 is 3.09 bits per heavy atom. The molecule has 0 N–H and O–H groups in total. The maximum atomic E-state index is 4.61. The van der Waals surface area contributed by atoms with Gasteiger partial charge >= 0.3 is 0 Å². The van der Waals surface area contributed by atoms with Gasteiger partial charge in [0.2, 0.25) is 0 Å². The Balaban J connectivity index is 2.79. The lowest BCUT2D eigenvalue weighted by molar-refractivity contribution is 0.315. The van der Waals surface area contributed by atoms with E-state index in [1.807, 2.05) is 18.2 Å². The number of rotatable bonds is 1. The van der Waals surface area contributed by atoms with Crippen molar-refractivity contribution in [3.8, 4) is 0 Å². The molecule has 2 aromatic rings. The van der Waals surface area contributed by atoms with Gasteiger partial charge in [-0.25, -0.2) is 4.63 Å². The summed E-state index contributed by atoms with van der Waals surface area (Å²) >= 11 is 0. The zero-order chi connectivity index (χ0) is 7.68. The minimum atomic E-state index is 0.837. The number of nitrogens with zero attached hydrogens (tertiary/aromatic N) is 2. The van der Waals surface area contributed by atoms with Crippen LogP contribution in [0, 0.1) is 0 Å². The van der Waals surface area contributed by atoms with E-state index in [1.54, 1.807) is 0 Å². The van der Waals surface area contributed by atoms with Crippen molar-refractivity contribution in [3.05, 3.63) is 23.8 Å². The Hall–Kier alpha value is -1.38. The predicted octanol–water partition coefficient (Wildman–Crippen LogP) is 1.79. The SMILES string of the molecule is CCc1cccc2nonc12. The predicted molar refractivity (Wildman–Crippen MR) is 41.2 cm³/mol. The van der Waals surface area contributed by atoms with Gasteiger partial charge in [-0.3, -0.25) is 0 Å². The minimum Gasteiger partial charge on any atom is -0.243 e. The number of aryl methyl sites for hydroxylation is 1. The lowest BCUT2D eigenvalue weighted by Crippen LogP contribution is -1.81. The second-order valence-corrected chi connectivity index (χ2v) is 2.40. The molecule has 0 fully saturated rings. The molecule has 0 bridgehead atoms. The Labute approximate surface area is 64.0 Å². The first kappa shape index (κ1) is 6.34. The van der Waals surface area contributed by atoms with Gasteiger partial charge in [-0.05, 0) is 28.4 Å². The van der Waals surface area contributed by atoms with Crippen LogP contribution >= 0.6 is 0 Å². The molecule has 0 unspecified atom stereocenters. The molecule has 0 aliphatic carbocycles. The molecule has 0 saturated heterocycles. The van der Waals surface area contributed by atoms with Crippen molar-refractivity contribution in [2.24, 2.45) is 0 Å². The van der Waals surface area contributed by atoms with E-state index in [0.29, 0.717) is 0 Å². The number of fused-ring (bicyclic) bond motifs is 1. The van der Waals surface area contributed by atoms with E-state index >= 15 is 0 Å². The molecule has 0 saturated carbocycles. The standard InChI is InChI=1S/C8H8N2O/c1-2-6-4-3-5-7-8(6)10-11-9-7/h3-5H,2H2,1H3. The van der Waals surface area contributed by atoms with Crippen LogP contribution in [-0.2, 0) is 6.42 Å². The average Bonchev–Trinajstić information content (AvgIpc) is 2.50. The molecule has 0 atom stereocenters. The highest BCUT2D eigenvalue weighted by atomic mass is 16.6. The molecule has 56 valence electrons. The van der Waals surface area contributed by atoms with Gasteiger partial charge in [-0.2, -0.15) is 0 Å². The van der Waals surface area contributed by atoms with Crippen molar-refractivity contribution in [2.75, 3.05) is 0 Å². The summed E-state index contributed by atoms with van der Waals surface area (Å²) < 4.78 is 4.61. The summed E-state index contributed by atoms with van der Waals surface area (Å²) in [6.07, 6.45) is 0.964. The Kier molecular flexibility index (Phi) is 1.35. The van der Waals surface area contributed by atoms with Crippen molar-refractivity contribution in [3.63, 3.8) is 0 Å². The molecule has 3 nitrogen and oxygen atoms in total. The van der Waals surface area contributed by atoms with Gasteiger partial charge in [-0.15, -0.1) is 0 Å². The van der Waals surface area contributed by atoms with Crippen LogP contribution in [0.25, 0.3) is 11.0 Å². The van der Waals surface area contributed by atoms with Crippen molar-refractivity contribution in [1.29, 1.82) is 0 Å². The largest absolute Gasteiger partial charge is 0.243 e. The fourth-order valence-corrected chi connectivity index (χ4v) is 1.15. The molecule has 1 aromatic heterocycles. The third-order valence-corrected chi connectivity index (χ3v) is 1.75. The molecule has 0 aliphatic heterocycles. The lowest BCUT2D eigenvalue weighted by atomic mass is 10.1. The van der Waals surface area contributed by atoms with Crippen molar-refractivity contribution < 1.29 is 4.63 Å². The minimum absolute atomic E-state index is 0.837. The number of benzene rings is 1. The van der Waals surface area contributed by atoms with E-state index in [2.05, 4.69) is 21.9 Å². The summed E-state index contributed by atoms with van der Waals surface area (Å²) in [4.78, 5) is 0. The maximum Gasteiger partial charge on any atom is 0.138 e. The Morgan fingerprint density at radius 2 is 2.27 bits per heavy atom. The molecule has 3 heteroatoms. The van der Waals surface area contributed by atoms with Crippen molar-refractivity contribution >= 4 is 11.0 Å². The summed E-state index contributed by atoms with van der Waals surface area (Å²) in [7, 11) is 0. The fourth-order valence-electron chi connectivity index (χ4n) is 1.15. The topological polar surface area (TPSA) is 38.9 Å². The van der Waals surface area contributed by atoms with Crippen molar-refractivity contribution in [2.45, 2.75) is 13.3 Å². The van der Waals surface area contributed by atoms with Gasteiger partial charge in [0.05, 0.1) is 0 Å². The molecule has 11 heavy (non-hydrogen) atoms. The fraction of sp³-hybridized carbons (Fsp3) is 0.250. The quantitative estimate of drug-likeness (QED) is 0.618. The van der Waals surface area contributed by atoms with Crippen LogP contribution in [0.3, 0.4) is 0 Å². The van der Waals surface area contributed by atoms with Crippen molar-refractivity contribution in [1.82, 2.24) is 10.3 Å². The van der Waals surface area contributed by atoms with Crippen LogP contribution in [0.4, 0.5) is 0 Å². The van der Waals surface area contributed by atoms with Gasteiger partial charge in [-0.1, -0.05) is 19.1 Å². The summed E-state index contributed by atoms with van der Waals surface area (Å²) in [5.74, 6) is 0. The second kappa shape index (κ2) is 2.34. The first-order valence-electron chi connectivity index (χ1n) is 3.62. The van der Waals surface area contributed by atoms with Crippen LogP contribution in [0.5, 0.6) is 0 Å². The van der Waals surface area contributed by atoms with Crippen LogP contribution < -0.4 is 0 Å². The summed E-state index contributed by atoms with van der Waals surface area (Å²) in [5.41, 5.74) is 2.91. The van der Waals surface area contributed by atoms with E-state index in [1.165, 1.54) is 5.56 Å². The molecule has 0 spiro atoms. The Morgan fingerprint density at radius 1 is 1.36 bits per heavy atom. The van der Waals surface area contributed by atoms with E-state index in [0.717, 1.165) is 17.5 Å². The molecule has 0 aliphatic rings. The molecule has 2 rings (SSSR count). The van der Waals surface area contributed by atoms with E-state index in [9.17, 15) is 0 Å². The van der Waals surface area contributed by atoms with Gasteiger partial charge in [0.15, 0.2) is 0 Å². The first-order chi connectivity index (χ1) is 5.42. The third kappa shape index (κ3) is 0.888. The zero-order valence-electron chi connectivity index (χ0n) is 6.24. The molecular weight excluding hydrogens is 140 g/mol. The normalized spacial score (nSPS) is 10.6. The van der Waals surface area contributed by atoms with Gasteiger partial charge < -0.3 is 0 Å². The van der Waals surface area contributed by atoms with Gasteiger partial charge in [0, 0.05) is 0 Å². The highest BCUT2D eigenvalue weighted by Gasteiger charge is 2.02. The molecule has 1 heterocycles. The van der Waals surface area contributed by atoms with E-state index in [4.69, 9.17) is 0 Å². The molecular formula is C8H8N2O. The van der Waals surface area contributed by atoms with E-state index in [-0.39, 0.29) is 0 Å². The van der Waals surface area contributed by atoms with E-state index < -0.39 is 0 Å². The average molecular weight is 148 g/mol. The summed E-state index contributed by atoms with van der Waals surface area (Å²) in [5, 5.41) is 7.54. The molecule has 1 aromatic carbocycles.